The summed E-state index contributed by atoms with van der Waals surface area (Å²) in [7, 11) is 0. The van der Waals surface area contributed by atoms with Gasteiger partial charge < -0.3 is 4.74 Å². The molecule has 0 bridgehead atoms. The van der Waals surface area contributed by atoms with Crippen LogP contribution in [0.5, 0.6) is 0 Å². The summed E-state index contributed by atoms with van der Waals surface area (Å²) in [6.45, 7) is 3.56. The largest absolute Gasteiger partial charge is 0.381 e. The second-order valence-electron chi connectivity index (χ2n) is 2.67. The Morgan fingerprint density at radius 3 is 1.36 bits per heavy atom. The minimum Gasteiger partial charge on any atom is -0.381 e. The second kappa shape index (κ2) is 6.58. The topological polar surface area (TPSA) is 27.7 Å². The molecule has 0 aromatic carbocycles. The Balaban J connectivity index is 0.000000128. The van der Waals surface area contributed by atoms with Crippen LogP contribution in [0, 0.1) is 0 Å². The Bertz CT molecular complexity index is 57.8. The van der Waals surface area contributed by atoms with E-state index in [2.05, 4.69) is 0 Å². The molecule has 3 heteroatoms. The zero-order valence-corrected chi connectivity index (χ0v) is 6.88. The molecule has 66 valence electrons. The summed E-state index contributed by atoms with van der Waals surface area (Å²) in [5.74, 6) is 0. The second-order valence-corrected chi connectivity index (χ2v) is 2.67. The van der Waals surface area contributed by atoms with Crippen LogP contribution < -0.4 is 0 Å². The molecule has 0 unspecified atom stereocenters. The lowest BCUT2D eigenvalue weighted by Gasteiger charge is -2.09. The highest BCUT2D eigenvalue weighted by molar-refractivity contribution is 4.41. The first-order chi connectivity index (χ1) is 5.50. The van der Waals surface area contributed by atoms with Crippen molar-refractivity contribution in [2.75, 3.05) is 26.4 Å². The summed E-state index contributed by atoms with van der Waals surface area (Å²) in [5.41, 5.74) is 0. The summed E-state index contributed by atoms with van der Waals surface area (Å²) in [6, 6.07) is 0. The predicted molar refractivity (Wildman–Crippen MR) is 41.2 cm³/mol. The van der Waals surface area contributed by atoms with Crippen molar-refractivity contribution < 1.29 is 14.5 Å². The van der Waals surface area contributed by atoms with Crippen LogP contribution in [0.4, 0.5) is 0 Å². The zero-order valence-electron chi connectivity index (χ0n) is 6.88. The van der Waals surface area contributed by atoms with Crippen molar-refractivity contribution in [3.8, 4) is 0 Å². The van der Waals surface area contributed by atoms with E-state index in [1.807, 2.05) is 0 Å². The van der Waals surface area contributed by atoms with Gasteiger partial charge in [-0.25, -0.2) is 9.78 Å². The number of hydrogen-bond acceptors (Lipinski definition) is 3. The smallest absolute Gasteiger partial charge is 0.0822 e. The molecule has 2 fully saturated rings. The van der Waals surface area contributed by atoms with Crippen LogP contribution in [-0.4, -0.2) is 26.4 Å². The molecule has 2 saturated heterocycles. The Labute approximate surface area is 67.6 Å². The van der Waals surface area contributed by atoms with Gasteiger partial charge in [0.2, 0.25) is 0 Å². The lowest BCUT2D eigenvalue weighted by molar-refractivity contribution is -0.287. The van der Waals surface area contributed by atoms with Crippen molar-refractivity contribution in [3.05, 3.63) is 0 Å². The molecule has 0 radical (unpaired) electrons. The molecule has 0 amide bonds. The van der Waals surface area contributed by atoms with Gasteiger partial charge in [-0.05, 0) is 25.7 Å². The molecule has 0 spiro atoms. The number of rotatable bonds is 0. The molecular weight excluding hydrogens is 144 g/mol. The van der Waals surface area contributed by atoms with Crippen LogP contribution in [0.2, 0.25) is 0 Å². The fourth-order valence-corrected chi connectivity index (χ4v) is 0.761. The van der Waals surface area contributed by atoms with Crippen molar-refractivity contribution in [1.82, 2.24) is 0 Å². The van der Waals surface area contributed by atoms with Crippen molar-refractivity contribution in [2.24, 2.45) is 0 Å². The van der Waals surface area contributed by atoms with Gasteiger partial charge in [0.15, 0.2) is 0 Å². The summed E-state index contributed by atoms with van der Waals surface area (Å²) >= 11 is 0. The Hall–Kier alpha value is -0.120. The first-order valence-electron chi connectivity index (χ1n) is 4.32. The third-order valence-electron chi connectivity index (χ3n) is 1.62. The Morgan fingerprint density at radius 1 is 0.545 bits per heavy atom. The van der Waals surface area contributed by atoms with Gasteiger partial charge in [0.05, 0.1) is 13.2 Å². The molecule has 0 saturated carbocycles. The first kappa shape index (κ1) is 8.97. The van der Waals surface area contributed by atoms with Gasteiger partial charge in [-0.2, -0.15) is 0 Å². The Kier molecular flexibility index (Phi) is 5.37. The zero-order chi connectivity index (χ0) is 7.78. The van der Waals surface area contributed by atoms with Gasteiger partial charge in [-0.3, -0.25) is 0 Å². The molecule has 2 aliphatic rings. The third-order valence-corrected chi connectivity index (χ3v) is 1.62. The fraction of sp³-hybridized carbons (Fsp3) is 1.00. The van der Waals surface area contributed by atoms with Gasteiger partial charge >= 0.3 is 0 Å². The SMILES string of the molecule is C1CCOOCC1.C1COC1. The molecule has 11 heavy (non-hydrogen) atoms. The van der Waals surface area contributed by atoms with Crippen LogP contribution in [0.3, 0.4) is 0 Å². The van der Waals surface area contributed by atoms with Gasteiger partial charge in [0.1, 0.15) is 0 Å². The van der Waals surface area contributed by atoms with E-state index in [0.717, 1.165) is 39.3 Å². The first-order valence-corrected chi connectivity index (χ1v) is 4.32. The van der Waals surface area contributed by atoms with Crippen LogP contribution in [0.1, 0.15) is 25.7 Å². The van der Waals surface area contributed by atoms with E-state index in [-0.39, 0.29) is 0 Å². The summed E-state index contributed by atoms with van der Waals surface area (Å²) < 4.78 is 4.72. The van der Waals surface area contributed by atoms with E-state index in [4.69, 9.17) is 14.5 Å². The third kappa shape index (κ3) is 5.18. The summed E-state index contributed by atoms with van der Waals surface area (Å²) in [6.07, 6.45) is 4.83. The molecule has 0 atom stereocenters. The molecule has 0 aromatic rings. The highest BCUT2D eigenvalue weighted by atomic mass is 17.2. The van der Waals surface area contributed by atoms with Crippen LogP contribution in [-0.2, 0) is 14.5 Å². The monoisotopic (exact) mass is 160 g/mol. The van der Waals surface area contributed by atoms with E-state index in [0.29, 0.717) is 0 Å². The molecule has 2 rings (SSSR count). The van der Waals surface area contributed by atoms with Crippen LogP contribution in [0.15, 0.2) is 0 Å². The highest BCUT2D eigenvalue weighted by Crippen LogP contribution is 2.01. The van der Waals surface area contributed by atoms with Crippen molar-refractivity contribution >= 4 is 0 Å². The average molecular weight is 160 g/mol. The van der Waals surface area contributed by atoms with Gasteiger partial charge in [0.25, 0.3) is 0 Å². The van der Waals surface area contributed by atoms with Crippen molar-refractivity contribution in [1.29, 1.82) is 0 Å². The number of ether oxygens (including phenoxy) is 1. The lowest BCUT2D eigenvalue weighted by Crippen LogP contribution is -2.09. The fourth-order valence-electron chi connectivity index (χ4n) is 0.761. The normalized spacial score (nSPS) is 24.0. The molecule has 0 aromatic heterocycles. The van der Waals surface area contributed by atoms with E-state index >= 15 is 0 Å². The van der Waals surface area contributed by atoms with Crippen LogP contribution >= 0.6 is 0 Å². The maximum Gasteiger partial charge on any atom is 0.0822 e. The van der Waals surface area contributed by atoms with E-state index in [9.17, 15) is 0 Å². The predicted octanol–water partition coefficient (Wildman–Crippen LogP) is 1.53. The minimum atomic E-state index is 0.778. The molecule has 0 N–H and O–H groups in total. The maximum atomic E-state index is 4.72. The van der Waals surface area contributed by atoms with Crippen molar-refractivity contribution in [2.45, 2.75) is 25.7 Å². The van der Waals surface area contributed by atoms with Gasteiger partial charge in [0, 0.05) is 13.2 Å². The van der Waals surface area contributed by atoms with E-state index < -0.39 is 0 Å². The van der Waals surface area contributed by atoms with Crippen molar-refractivity contribution in [3.63, 3.8) is 0 Å². The van der Waals surface area contributed by atoms with Gasteiger partial charge in [-0.1, -0.05) is 0 Å². The summed E-state index contributed by atoms with van der Waals surface area (Å²) in [4.78, 5) is 9.39. The maximum absolute atomic E-state index is 4.72. The number of hydrogen-bond donors (Lipinski definition) is 0. The van der Waals surface area contributed by atoms with Gasteiger partial charge in [-0.15, -0.1) is 0 Å². The quantitative estimate of drug-likeness (QED) is 0.503. The molecule has 3 nitrogen and oxygen atoms in total. The van der Waals surface area contributed by atoms with E-state index in [1.165, 1.54) is 12.8 Å². The summed E-state index contributed by atoms with van der Waals surface area (Å²) in [5, 5.41) is 0. The molecule has 2 aliphatic heterocycles. The Morgan fingerprint density at radius 2 is 1.00 bits per heavy atom. The molecule has 2 heterocycles. The average Bonchev–Trinajstić information content (AvgIpc) is 2.10. The molecule has 0 aliphatic carbocycles. The van der Waals surface area contributed by atoms with E-state index in [1.54, 1.807) is 0 Å². The molecular formula is C8H16O3. The highest BCUT2D eigenvalue weighted by Gasteiger charge is 1.96. The minimum absolute atomic E-state index is 0.778. The lowest BCUT2D eigenvalue weighted by atomic mass is 10.3. The standard InChI is InChI=1S/C5H10O2.C3H6O/c1-2-4-6-7-5-3-1;1-2-4-3-1/h1-5H2;1-3H2. The van der Waals surface area contributed by atoms with Crippen LogP contribution in [0.25, 0.3) is 0 Å².